The first kappa shape index (κ1) is 19.6. The van der Waals surface area contributed by atoms with E-state index in [0.29, 0.717) is 28.2 Å². The van der Waals surface area contributed by atoms with Crippen LogP contribution in [0.5, 0.6) is 0 Å². The molecule has 4 N–H and O–H groups in total. The van der Waals surface area contributed by atoms with Crippen molar-refractivity contribution in [1.82, 2.24) is 5.32 Å². The number of urea groups is 1. The van der Waals surface area contributed by atoms with E-state index in [2.05, 4.69) is 21.3 Å². The minimum Gasteiger partial charge on any atom is -0.341 e. The minimum absolute atomic E-state index is 0.215. The van der Waals surface area contributed by atoms with Gasteiger partial charge in [0.25, 0.3) is 11.8 Å². The van der Waals surface area contributed by atoms with E-state index < -0.39 is 0 Å². The third kappa shape index (κ3) is 5.43. The number of amides is 4. The maximum Gasteiger partial charge on any atom is 0.318 e. The van der Waals surface area contributed by atoms with Gasteiger partial charge in [-0.15, -0.1) is 0 Å². The summed E-state index contributed by atoms with van der Waals surface area (Å²) < 4.78 is 0. The Hall–Kier alpha value is -4.13. The fourth-order valence-electron chi connectivity index (χ4n) is 2.53. The maximum atomic E-state index is 12.4. The van der Waals surface area contributed by atoms with Crippen LogP contribution in [0.25, 0.3) is 0 Å². The summed E-state index contributed by atoms with van der Waals surface area (Å²) in [5.74, 6) is -0.494. The van der Waals surface area contributed by atoms with Gasteiger partial charge in [-0.05, 0) is 60.7 Å². The number of benzene rings is 3. The molecule has 146 valence electrons. The summed E-state index contributed by atoms with van der Waals surface area (Å²) in [7, 11) is 1.53. The number of carbonyl (C=O) groups is 3. The SMILES string of the molecule is CNC(=O)Nc1ccc(NC(=O)c2ccc(NC(=O)c3ccccc3)cc2)cc1. The van der Waals surface area contributed by atoms with Crippen molar-refractivity contribution in [2.75, 3.05) is 23.0 Å². The molecule has 3 aromatic rings. The highest BCUT2D eigenvalue weighted by atomic mass is 16.2. The Kier molecular flexibility index (Phi) is 6.22. The second kappa shape index (κ2) is 9.18. The summed E-state index contributed by atoms with van der Waals surface area (Å²) in [6.07, 6.45) is 0. The number of hydrogen-bond acceptors (Lipinski definition) is 3. The van der Waals surface area contributed by atoms with Crippen LogP contribution in [0.3, 0.4) is 0 Å². The number of hydrogen-bond donors (Lipinski definition) is 4. The van der Waals surface area contributed by atoms with E-state index in [1.165, 1.54) is 7.05 Å². The van der Waals surface area contributed by atoms with E-state index in [1.807, 2.05) is 6.07 Å². The highest BCUT2D eigenvalue weighted by molar-refractivity contribution is 6.06. The molecule has 4 amide bonds. The van der Waals surface area contributed by atoms with Crippen LogP contribution in [0, 0.1) is 0 Å². The Morgan fingerprint density at radius 2 is 0.966 bits per heavy atom. The number of anilines is 3. The van der Waals surface area contributed by atoms with Gasteiger partial charge in [-0.1, -0.05) is 18.2 Å². The van der Waals surface area contributed by atoms with Crippen molar-refractivity contribution in [2.24, 2.45) is 0 Å². The zero-order chi connectivity index (χ0) is 20.6. The molecule has 0 saturated heterocycles. The van der Waals surface area contributed by atoms with Gasteiger partial charge in [0.05, 0.1) is 0 Å². The summed E-state index contributed by atoms with van der Waals surface area (Å²) in [6.45, 7) is 0. The molecule has 3 aromatic carbocycles. The predicted octanol–water partition coefficient (Wildman–Crippen LogP) is 3.94. The summed E-state index contributed by atoms with van der Waals surface area (Å²) in [6, 6.07) is 22.0. The molecule has 0 aliphatic carbocycles. The van der Waals surface area contributed by atoms with Gasteiger partial charge in [0, 0.05) is 35.2 Å². The smallest absolute Gasteiger partial charge is 0.318 e. The molecule has 0 unspecified atom stereocenters. The van der Waals surface area contributed by atoms with Gasteiger partial charge >= 0.3 is 6.03 Å². The fraction of sp³-hybridized carbons (Fsp3) is 0.0455. The van der Waals surface area contributed by atoms with Gasteiger partial charge in [0.1, 0.15) is 0 Å². The van der Waals surface area contributed by atoms with Crippen molar-refractivity contribution in [1.29, 1.82) is 0 Å². The third-order valence-electron chi connectivity index (χ3n) is 4.07. The summed E-state index contributed by atoms with van der Waals surface area (Å²) >= 11 is 0. The van der Waals surface area contributed by atoms with E-state index in [9.17, 15) is 14.4 Å². The van der Waals surface area contributed by atoms with Gasteiger partial charge in [-0.3, -0.25) is 9.59 Å². The molecule has 0 atom stereocenters. The molecule has 0 saturated carbocycles. The Balaban J connectivity index is 1.59. The summed E-state index contributed by atoms with van der Waals surface area (Å²) in [4.78, 5) is 35.9. The minimum atomic E-state index is -0.318. The first-order valence-corrected chi connectivity index (χ1v) is 8.92. The largest absolute Gasteiger partial charge is 0.341 e. The van der Waals surface area contributed by atoms with E-state index >= 15 is 0 Å². The van der Waals surface area contributed by atoms with E-state index in [1.54, 1.807) is 72.8 Å². The van der Waals surface area contributed by atoms with Crippen LogP contribution in [-0.4, -0.2) is 24.9 Å². The Bertz CT molecular complexity index is 1000. The standard InChI is InChI=1S/C22H20N4O3/c1-23-22(29)26-19-13-11-18(12-14-19)25-21(28)16-7-9-17(10-8-16)24-20(27)15-5-3-2-4-6-15/h2-14H,1H3,(H,24,27)(H,25,28)(H2,23,26,29). The molecule has 7 nitrogen and oxygen atoms in total. The molecule has 0 aliphatic rings. The van der Waals surface area contributed by atoms with Crippen LogP contribution >= 0.6 is 0 Å². The number of carbonyl (C=O) groups excluding carboxylic acids is 3. The van der Waals surface area contributed by atoms with E-state index in [0.717, 1.165) is 0 Å². The second-order valence-electron chi connectivity index (χ2n) is 6.13. The lowest BCUT2D eigenvalue weighted by Crippen LogP contribution is -2.24. The van der Waals surface area contributed by atoms with Gasteiger partial charge in [0.2, 0.25) is 0 Å². The predicted molar refractivity (Wildman–Crippen MR) is 113 cm³/mol. The molecule has 0 aromatic heterocycles. The molecule has 0 spiro atoms. The van der Waals surface area contributed by atoms with Gasteiger partial charge in [0.15, 0.2) is 0 Å². The quantitative estimate of drug-likeness (QED) is 0.533. The normalized spacial score (nSPS) is 9.97. The van der Waals surface area contributed by atoms with Gasteiger partial charge in [-0.2, -0.15) is 0 Å². The lowest BCUT2D eigenvalue weighted by molar-refractivity contribution is 0.102. The summed E-state index contributed by atoms with van der Waals surface area (Å²) in [5.41, 5.74) is 2.82. The molecule has 0 aliphatic heterocycles. The van der Waals surface area contributed by atoms with Crippen LogP contribution in [0.2, 0.25) is 0 Å². The van der Waals surface area contributed by atoms with Crippen molar-refractivity contribution in [2.45, 2.75) is 0 Å². The third-order valence-corrected chi connectivity index (χ3v) is 4.07. The van der Waals surface area contributed by atoms with Crippen LogP contribution in [0.15, 0.2) is 78.9 Å². The van der Waals surface area contributed by atoms with Gasteiger partial charge in [-0.25, -0.2) is 4.79 Å². The molecule has 29 heavy (non-hydrogen) atoms. The van der Waals surface area contributed by atoms with Gasteiger partial charge < -0.3 is 21.3 Å². The highest BCUT2D eigenvalue weighted by Gasteiger charge is 2.09. The molecule has 0 fully saturated rings. The van der Waals surface area contributed by atoms with Crippen molar-refractivity contribution in [3.63, 3.8) is 0 Å². The zero-order valence-corrected chi connectivity index (χ0v) is 15.7. The zero-order valence-electron chi connectivity index (χ0n) is 15.7. The molecule has 7 heteroatoms. The van der Waals surface area contributed by atoms with Crippen LogP contribution in [0.1, 0.15) is 20.7 Å². The Morgan fingerprint density at radius 3 is 1.45 bits per heavy atom. The topological polar surface area (TPSA) is 99.3 Å². The number of rotatable bonds is 5. The molecule has 0 bridgehead atoms. The fourth-order valence-corrected chi connectivity index (χ4v) is 2.53. The number of nitrogens with one attached hydrogen (secondary N) is 4. The Morgan fingerprint density at radius 1 is 0.552 bits per heavy atom. The van der Waals surface area contributed by atoms with Crippen molar-refractivity contribution in [3.8, 4) is 0 Å². The van der Waals surface area contributed by atoms with Crippen LogP contribution < -0.4 is 21.3 Å². The molecule has 0 heterocycles. The lowest BCUT2D eigenvalue weighted by Gasteiger charge is -2.09. The maximum absolute atomic E-state index is 12.4. The highest BCUT2D eigenvalue weighted by Crippen LogP contribution is 2.16. The van der Waals surface area contributed by atoms with Crippen molar-refractivity contribution in [3.05, 3.63) is 90.0 Å². The lowest BCUT2D eigenvalue weighted by atomic mass is 10.1. The second-order valence-corrected chi connectivity index (χ2v) is 6.13. The van der Waals surface area contributed by atoms with Crippen LogP contribution in [-0.2, 0) is 0 Å². The van der Waals surface area contributed by atoms with Crippen LogP contribution in [0.4, 0.5) is 21.9 Å². The summed E-state index contributed by atoms with van der Waals surface area (Å²) in [5, 5.41) is 10.7. The molecular weight excluding hydrogens is 368 g/mol. The first-order valence-electron chi connectivity index (χ1n) is 8.92. The molecular formula is C22H20N4O3. The monoisotopic (exact) mass is 388 g/mol. The van der Waals surface area contributed by atoms with E-state index in [-0.39, 0.29) is 17.8 Å². The van der Waals surface area contributed by atoms with E-state index in [4.69, 9.17) is 0 Å². The first-order chi connectivity index (χ1) is 14.0. The Labute approximate surface area is 168 Å². The average molecular weight is 388 g/mol. The van der Waals surface area contributed by atoms with Crippen molar-refractivity contribution < 1.29 is 14.4 Å². The average Bonchev–Trinajstić information content (AvgIpc) is 2.76. The molecule has 0 radical (unpaired) electrons. The van der Waals surface area contributed by atoms with Crippen molar-refractivity contribution >= 4 is 34.9 Å². The molecule has 3 rings (SSSR count).